The Morgan fingerprint density at radius 1 is 1.13 bits per heavy atom. The van der Waals surface area contributed by atoms with Gasteiger partial charge in [0.2, 0.25) is 11.8 Å². The maximum atomic E-state index is 12.7. The third-order valence-corrected chi connectivity index (χ3v) is 5.49. The second kappa shape index (κ2) is 8.36. The summed E-state index contributed by atoms with van der Waals surface area (Å²) in [5.41, 5.74) is 1.68. The minimum absolute atomic E-state index is 0.101. The molecule has 156 valence electrons. The van der Waals surface area contributed by atoms with E-state index in [4.69, 9.17) is 16.3 Å². The van der Waals surface area contributed by atoms with E-state index in [1.54, 1.807) is 42.5 Å². The van der Waals surface area contributed by atoms with Crippen molar-refractivity contribution in [2.24, 2.45) is 5.92 Å². The van der Waals surface area contributed by atoms with Crippen molar-refractivity contribution in [3.05, 3.63) is 53.1 Å². The van der Waals surface area contributed by atoms with Gasteiger partial charge in [-0.1, -0.05) is 11.6 Å². The van der Waals surface area contributed by atoms with Crippen LogP contribution >= 0.6 is 11.6 Å². The fourth-order valence-corrected chi connectivity index (χ4v) is 3.60. The standard InChI is InChI=1S/C22H22ClN3O4/c1-30-19-9-4-15(23)11-18(19)26-12-14(10-20(26)27)22(29)25-16-5-2-13(3-6-16)21(28)24-17-7-8-17/h2-6,9,11,14,17H,7-8,10,12H2,1H3,(H,24,28)(H,25,29). The lowest BCUT2D eigenvalue weighted by atomic mass is 10.1. The van der Waals surface area contributed by atoms with Crippen molar-refractivity contribution >= 4 is 40.7 Å². The highest BCUT2D eigenvalue weighted by Crippen LogP contribution is 2.35. The van der Waals surface area contributed by atoms with Crippen LogP contribution in [0.2, 0.25) is 5.02 Å². The van der Waals surface area contributed by atoms with Gasteiger partial charge in [-0.25, -0.2) is 0 Å². The maximum Gasteiger partial charge on any atom is 0.251 e. The number of carbonyl (C=O) groups excluding carboxylic acids is 3. The van der Waals surface area contributed by atoms with Crippen molar-refractivity contribution in [2.45, 2.75) is 25.3 Å². The molecule has 1 saturated carbocycles. The quantitative estimate of drug-likeness (QED) is 0.740. The predicted molar refractivity (Wildman–Crippen MR) is 114 cm³/mol. The molecule has 1 saturated heterocycles. The topological polar surface area (TPSA) is 87.7 Å². The molecule has 0 aromatic heterocycles. The van der Waals surface area contributed by atoms with Gasteiger partial charge in [-0.15, -0.1) is 0 Å². The number of methoxy groups -OCH3 is 1. The van der Waals surface area contributed by atoms with Gasteiger partial charge >= 0.3 is 0 Å². The summed E-state index contributed by atoms with van der Waals surface area (Å²) in [6.07, 6.45) is 2.15. The smallest absolute Gasteiger partial charge is 0.251 e. The number of anilines is 2. The van der Waals surface area contributed by atoms with Crippen LogP contribution in [0, 0.1) is 5.92 Å². The number of hydrogen-bond donors (Lipinski definition) is 2. The van der Waals surface area contributed by atoms with Gasteiger partial charge < -0.3 is 20.3 Å². The first-order chi connectivity index (χ1) is 14.4. The number of carbonyl (C=O) groups is 3. The molecule has 1 unspecified atom stereocenters. The number of benzene rings is 2. The largest absolute Gasteiger partial charge is 0.495 e. The van der Waals surface area contributed by atoms with Gasteiger partial charge in [0.05, 0.1) is 18.7 Å². The summed E-state index contributed by atoms with van der Waals surface area (Å²) < 4.78 is 5.33. The van der Waals surface area contributed by atoms with E-state index in [1.165, 1.54) is 12.0 Å². The highest BCUT2D eigenvalue weighted by molar-refractivity contribution is 6.31. The fourth-order valence-electron chi connectivity index (χ4n) is 3.44. The van der Waals surface area contributed by atoms with E-state index in [9.17, 15) is 14.4 Å². The van der Waals surface area contributed by atoms with Crippen LogP contribution in [0.4, 0.5) is 11.4 Å². The Hall–Kier alpha value is -3.06. The second-order valence-corrected chi connectivity index (χ2v) is 7.97. The molecule has 8 heteroatoms. The number of hydrogen-bond acceptors (Lipinski definition) is 4. The van der Waals surface area contributed by atoms with Crippen molar-refractivity contribution in [2.75, 3.05) is 23.9 Å². The van der Waals surface area contributed by atoms with Crippen LogP contribution in [0.3, 0.4) is 0 Å². The number of ether oxygens (including phenoxy) is 1. The normalized spacial score (nSPS) is 18.3. The third-order valence-electron chi connectivity index (χ3n) is 5.25. The van der Waals surface area contributed by atoms with Crippen LogP contribution in [0.25, 0.3) is 0 Å². The number of amides is 3. The van der Waals surface area contributed by atoms with E-state index >= 15 is 0 Å². The number of nitrogens with zero attached hydrogens (tertiary/aromatic N) is 1. The zero-order chi connectivity index (χ0) is 21.3. The van der Waals surface area contributed by atoms with Crippen LogP contribution in [-0.2, 0) is 9.59 Å². The van der Waals surface area contributed by atoms with E-state index in [0.717, 1.165) is 12.8 Å². The highest BCUT2D eigenvalue weighted by Gasteiger charge is 2.36. The minimum Gasteiger partial charge on any atom is -0.495 e. The molecule has 2 fully saturated rings. The number of halogens is 1. The summed E-state index contributed by atoms with van der Waals surface area (Å²) in [6.45, 7) is 0.239. The molecule has 7 nitrogen and oxygen atoms in total. The molecule has 1 aliphatic heterocycles. The lowest BCUT2D eigenvalue weighted by Gasteiger charge is -2.20. The molecule has 0 radical (unpaired) electrons. The molecule has 4 rings (SSSR count). The minimum atomic E-state index is -0.501. The second-order valence-electron chi connectivity index (χ2n) is 7.54. The summed E-state index contributed by atoms with van der Waals surface area (Å²) in [7, 11) is 1.52. The molecule has 2 aromatic rings. The van der Waals surface area contributed by atoms with Crippen LogP contribution in [0.1, 0.15) is 29.6 Å². The monoisotopic (exact) mass is 427 g/mol. The van der Waals surface area contributed by atoms with Gasteiger partial charge in [0.25, 0.3) is 5.91 Å². The van der Waals surface area contributed by atoms with Crippen LogP contribution < -0.4 is 20.3 Å². The van der Waals surface area contributed by atoms with Gasteiger partial charge in [0.15, 0.2) is 0 Å². The first-order valence-corrected chi connectivity index (χ1v) is 10.2. The van der Waals surface area contributed by atoms with E-state index in [2.05, 4.69) is 10.6 Å². The lowest BCUT2D eigenvalue weighted by Crippen LogP contribution is -2.28. The van der Waals surface area contributed by atoms with Crippen molar-refractivity contribution < 1.29 is 19.1 Å². The molecule has 2 aromatic carbocycles. The Labute approximate surface area is 179 Å². The van der Waals surface area contributed by atoms with Gasteiger partial charge in [-0.05, 0) is 55.3 Å². The van der Waals surface area contributed by atoms with E-state index in [-0.39, 0.29) is 36.7 Å². The molecule has 0 spiro atoms. The molecule has 1 atom stereocenters. The van der Waals surface area contributed by atoms with Crippen LogP contribution in [0.15, 0.2) is 42.5 Å². The maximum absolute atomic E-state index is 12.7. The predicted octanol–water partition coefficient (Wildman–Crippen LogP) is 3.23. The zero-order valence-corrected chi connectivity index (χ0v) is 17.2. The first kappa shape index (κ1) is 20.2. The van der Waals surface area contributed by atoms with Crippen molar-refractivity contribution in [3.8, 4) is 5.75 Å². The third kappa shape index (κ3) is 4.41. The first-order valence-electron chi connectivity index (χ1n) is 9.80. The summed E-state index contributed by atoms with van der Waals surface area (Å²) in [5.74, 6) is -0.499. The number of rotatable bonds is 6. The average molecular weight is 428 g/mol. The Bertz CT molecular complexity index is 988. The Morgan fingerprint density at radius 3 is 2.53 bits per heavy atom. The average Bonchev–Trinajstić information content (AvgIpc) is 3.46. The summed E-state index contributed by atoms with van der Waals surface area (Å²) >= 11 is 6.07. The Kier molecular flexibility index (Phi) is 5.63. The van der Waals surface area contributed by atoms with Gasteiger partial charge in [0, 0.05) is 35.3 Å². The van der Waals surface area contributed by atoms with Gasteiger partial charge in [-0.3, -0.25) is 14.4 Å². The molecule has 1 aliphatic carbocycles. The molecular formula is C22H22ClN3O4. The lowest BCUT2D eigenvalue weighted by molar-refractivity contribution is -0.122. The molecule has 2 aliphatic rings. The van der Waals surface area contributed by atoms with Crippen LogP contribution in [0.5, 0.6) is 5.75 Å². The molecular weight excluding hydrogens is 406 g/mol. The Balaban J connectivity index is 1.40. The Morgan fingerprint density at radius 2 is 1.87 bits per heavy atom. The summed E-state index contributed by atoms with van der Waals surface area (Å²) in [6, 6.07) is 12.1. The molecule has 0 bridgehead atoms. The summed E-state index contributed by atoms with van der Waals surface area (Å²) in [4.78, 5) is 38.8. The number of nitrogens with one attached hydrogen (secondary N) is 2. The van der Waals surface area contributed by atoms with Crippen molar-refractivity contribution in [1.29, 1.82) is 0 Å². The van der Waals surface area contributed by atoms with E-state index < -0.39 is 5.92 Å². The van der Waals surface area contributed by atoms with Gasteiger partial charge in [-0.2, -0.15) is 0 Å². The molecule has 2 N–H and O–H groups in total. The van der Waals surface area contributed by atoms with E-state index in [1.807, 2.05) is 0 Å². The van der Waals surface area contributed by atoms with E-state index in [0.29, 0.717) is 27.7 Å². The molecule has 30 heavy (non-hydrogen) atoms. The summed E-state index contributed by atoms with van der Waals surface area (Å²) in [5, 5.41) is 6.24. The van der Waals surface area contributed by atoms with Crippen molar-refractivity contribution in [1.82, 2.24) is 5.32 Å². The van der Waals surface area contributed by atoms with Gasteiger partial charge in [0.1, 0.15) is 5.75 Å². The highest BCUT2D eigenvalue weighted by atomic mass is 35.5. The van der Waals surface area contributed by atoms with Crippen molar-refractivity contribution in [3.63, 3.8) is 0 Å². The SMILES string of the molecule is COc1ccc(Cl)cc1N1CC(C(=O)Nc2ccc(C(=O)NC3CC3)cc2)CC1=O. The molecule has 3 amide bonds. The zero-order valence-electron chi connectivity index (χ0n) is 16.5. The van der Waals surface area contributed by atoms with Crippen LogP contribution in [-0.4, -0.2) is 37.4 Å². The fraction of sp³-hybridized carbons (Fsp3) is 0.318. The molecule has 1 heterocycles.